The Hall–Kier alpha value is -2.44. The Morgan fingerprint density at radius 3 is 2.63 bits per heavy atom. The quantitative estimate of drug-likeness (QED) is 0.363. The highest BCUT2D eigenvalue weighted by atomic mass is 16.4. The third-order valence-corrected chi connectivity index (χ3v) is 2.71. The van der Waals surface area contributed by atoms with Gasteiger partial charge in [0.05, 0.1) is 0 Å². The van der Waals surface area contributed by atoms with Gasteiger partial charge in [-0.25, -0.2) is 4.79 Å². The van der Waals surface area contributed by atoms with Crippen molar-refractivity contribution in [2.45, 2.75) is 18.4 Å². The molecule has 1 unspecified atom stereocenters. The molecule has 7 heteroatoms. The van der Waals surface area contributed by atoms with Crippen molar-refractivity contribution in [1.29, 1.82) is 0 Å². The number of hydrogen-bond donors (Lipinski definition) is 3. The van der Waals surface area contributed by atoms with E-state index in [0.717, 1.165) is 0 Å². The molecule has 0 spiro atoms. The van der Waals surface area contributed by atoms with Crippen molar-refractivity contribution in [1.82, 2.24) is 10.6 Å². The number of nitrogens with zero attached hydrogens (tertiary/aromatic N) is 1. The fourth-order valence-electron chi connectivity index (χ4n) is 1.87. The summed E-state index contributed by atoms with van der Waals surface area (Å²) in [5, 5.41) is 13.3. The predicted molar refractivity (Wildman–Crippen MR) is 69.0 cm³/mol. The molecule has 0 bridgehead atoms. The number of nitrogens with one attached hydrogen (secondary N) is 2. The zero-order chi connectivity index (χ0) is 14.5. The number of carboxylic acid groups (broad SMARTS) is 1. The molecule has 0 saturated carbocycles. The SMILES string of the molecule is C=C/C=C(\C=NC)C1(CCC(=O)O)NC(=O)NC1=O. The van der Waals surface area contributed by atoms with E-state index in [0.29, 0.717) is 5.57 Å². The smallest absolute Gasteiger partial charge is 0.322 e. The number of urea groups is 1. The summed E-state index contributed by atoms with van der Waals surface area (Å²) >= 11 is 0. The summed E-state index contributed by atoms with van der Waals surface area (Å²) < 4.78 is 0. The van der Waals surface area contributed by atoms with Gasteiger partial charge in [-0.15, -0.1) is 0 Å². The molecule has 1 aliphatic heterocycles. The molecule has 0 aromatic heterocycles. The lowest BCUT2D eigenvalue weighted by molar-refractivity contribution is -0.137. The molecule has 0 aromatic carbocycles. The molecule has 1 heterocycles. The summed E-state index contributed by atoms with van der Waals surface area (Å²) in [6.45, 7) is 3.53. The summed E-state index contributed by atoms with van der Waals surface area (Å²) in [6, 6.07) is -0.658. The molecule has 1 rings (SSSR count). The molecule has 0 radical (unpaired) electrons. The van der Waals surface area contributed by atoms with Gasteiger partial charge >= 0.3 is 12.0 Å². The first-order valence-corrected chi connectivity index (χ1v) is 5.57. The van der Waals surface area contributed by atoms with Crippen molar-refractivity contribution in [2.75, 3.05) is 7.05 Å². The lowest BCUT2D eigenvalue weighted by Gasteiger charge is -2.26. The molecular formula is C12H15N3O4. The van der Waals surface area contributed by atoms with Crippen LogP contribution in [-0.2, 0) is 9.59 Å². The van der Waals surface area contributed by atoms with Gasteiger partial charge in [0.1, 0.15) is 5.54 Å². The van der Waals surface area contributed by atoms with Crippen LogP contribution in [0.2, 0.25) is 0 Å². The van der Waals surface area contributed by atoms with Gasteiger partial charge in [-0.1, -0.05) is 18.7 Å². The molecule has 3 amide bonds. The summed E-state index contributed by atoms with van der Waals surface area (Å²) in [7, 11) is 1.51. The molecule has 102 valence electrons. The maximum absolute atomic E-state index is 12.0. The molecule has 1 fully saturated rings. The molecule has 1 aliphatic rings. The zero-order valence-corrected chi connectivity index (χ0v) is 10.5. The van der Waals surface area contributed by atoms with Crippen molar-refractivity contribution >= 4 is 24.1 Å². The summed E-state index contributed by atoms with van der Waals surface area (Å²) in [4.78, 5) is 37.8. The summed E-state index contributed by atoms with van der Waals surface area (Å²) in [5.74, 6) is -1.65. The van der Waals surface area contributed by atoms with Gasteiger partial charge in [0.15, 0.2) is 0 Å². The number of amides is 3. The zero-order valence-electron chi connectivity index (χ0n) is 10.5. The van der Waals surface area contributed by atoms with Gasteiger partial charge in [0.2, 0.25) is 0 Å². The summed E-state index contributed by atoms with van der Waals surface area (Å²) in [6.07, 6.45) is 4.03. The monoisotopic (exact) mass is 265 g/mol. The lowest BCUT2D eigenvalue weighted by Crippen LogP contribution is -2.49. The van der Waals surface area contributed by atoms with Crippen molar-refractivity contribution in [3.05, 3.63) is 24.3 Å². The van der Waals surface area contributed by atoms with E-state index in [1.807, 2.05) is 0 Å². The highest BCUT2D eigenvalue weighted by Gasteiger charge is 2.48. The molecule has 0 aromatic rings. The number of carbonyl (C=O) groups excluding carboxylic acids is 2. The van der Waals surface area contributed by atoms with E-state index in [2.05, 4.69) is 22.2 Å². The number of hydrogen-bond acceptors (Lipinski definition) is 4. The second-order valence-electron chi connectivity index (χ2n) is 3.95. The van der Waals surface area contributed by atoms with Crippen LogP contribution < -0.4 is 10.6 Å². The lowest BCUT2D eigenvalue weighted by atomic mass is 9.85. The molecular weight excluding hydrogens is 250 g/mol. The van der Waals surface area contributed by atoms with E-state index in [-0.39, 0.29) is 12.8 Å². The molecule has 1 saturated heterocycles. The minimum Gasteiger partial charge on any atom is -0.481 e. The number of rotatable bonds is 6. The van der Waals surface area contributed by atoms with Crippen LogP contribution in [0.15, 0.2) is 29.3 Å². The van der Waals surface area contributed by atoms with Crippen LogP contribution in [0.5, 0.6) is 0 Å². The van der Waals surface area contributed by atoms with Crippen LogP contribution in [0, 0.1) is 0 Å². The summed E-state index contributed by atoms with van der Waals surface area (Å²) in [5.41, 5.74) is -1.03. The Morgan fingerprint density at radius 1 is 1.53 bits per heavy atom. The Kier molecular flexibility index (Phi) is 4.57. The number of carbonyl (C=O) groups is 3. The van der Waals surface area contributed by atoms with Crippen molar-refractivity contribution in [3.63, 3.8) is 0 Å². The maximum Gasteiger partial charge on any atom is 0.322 e. The van der Waals surface area contributed by atoms with E-state index in [1.54, 1.807) is 0 Å². The number of imide groups is 1. The van der Waals surface area contributed by atoms with E-state index >= 15 is 0 Å². The van der Waals surface area contributed by atoms with Gasteiger partial charge in [0, 0.05) is 25.3 Å². The molecule has 1 atom stereocenters. The van der Waals surface area contributed by atoms with Crippen molar-refractivity contribution < 1.29 is 19.5 Å². The van der Waals surface area contributed by atoms with Crippen LogP contribution in [0.1, 0.15) is 12.8 Å². The third-order valence-electron chi connectivity index (χ3n) is 2.71. The van der Waals surface area contributed by atoms with Gasteiger partial charge in [-0.3, -0.25) is 19.9 Å². The topological polar surface area (TPSA) is 108 Å². The Bertz CT molecular complexity index is 481. The molecule has 3 N–H and O–H groups in total. The average molecular weight is 265 g/mol. The first-order chi connectivity index (χ1) is 8.96. The first-order valence-electron chi connectivity index (χ1n) is 5.57. The number of aliphatic carboxylic acids is 1. The average Bonchev–Trinajstić information content (AvgIpc) is 2.62. The van der Waals surface area contributed by atoms with Crippen molar-refractivity contribution in [3.8, 4) is 0 Å². The van der Waals surface area contributed by atoms with E-state index in [9.17, 15) is 14.4 Å². The van der Waals surface area contributed by atoms with Crippen molar-refractivity contribution in [2.24, 2.45) is 4.99 Å². The minimum absolute atomic E-state index is 0.0639. The van der Waals surface area contributed by atoms with E-state index in [1.165, 1.54) is 25.4 Å². The Labute approximate surface area is 110 Å². The fourth-order valence-corrected chi connectivity index (χ4v) is 1.87. The van der Waals surface area contributed by atoms with Crippen LogP contribution in [0.3, 0.4) is 0 Å². The highest BCUT2D eigenvalue weighted by Crippen LogP contribution is 2.26. The number of allylic oxidation sites excluding steroid dienone is 2. The first kappa shape index (κ1) is 14.6. The second-order valence-corrected chi connectivity index (χ2v) is 3.95. The Morgan fingerprint density at radius 2 is 2.21 bits per heavy atom. The van der Waals surface area contributed by atoms with Gasteiger partial charge in [-0.2, -0.15) is 0 Å². The highest BCUT2D eigenvalue weighted by molar-refractivity contribution is 6.12. The van der Waals surface area contributed by atoms with Crippen LogP contribution >= 0.6 is 0 Å². The van der Waals surface area contributed by atoms with E-state index in [4.69, 9.17) is 5.11 Å². The number of aliphatic imine (C=N–C) groups is 1. The van der Waals surface area contributed by atoms with Crippen LogP contribution in [0.4, 0.5) is 4.79 Å². The third kappa shape index (κ3) is 3.06. The fraction of sp³-hybridized carbons (Fsp3) is 0.333. The van der Waals surface area contributed by atoms with Gasteiger partial charge in [0.25, 0.3) is 5.91 Å². The number of carboxylic acids is 1. The maximum atomic E-state index is 12.0. The second kappa shape index (κ2) is 5.94. The van der Waals surface area contributed by atoms with Gasteiger partial charge < -0.3 is 10.4 Å². The van der Waals surface area contributed by atoms with Crippen LogP contribution in [-0.4, -0.2) is 41.8 Å². The van der Waals surface area contributed by atoms with Crippen LogP contribution in [0.25, 0.3) is 0 Å². The van der Waals surface area contributed by atoms with E-state index < -0.39 is 23.4 Å². The molecule has 7 nitrogen and oxygen atoms in total. The molecule has 0 aliphatic carbocycles. The normalized spacial score (nSPS) is 23.3. The Balaban J connectivity index is 3.21. The molecule has 19 heavy (non-hydrogen) atoms. The predicted octanol–water partition coefficient (Wildman–Crippen LogP) is 0.242. The largest absolute Gasteiger partial charge is 0.481 e. The standard InChI is InChI=1S/C12H15N3O4/c1-3-4-8(7-13-2)12(6-5-9(16)17)10(18)14-11(19)15-12/h3-4,7H,1,5-6H2,2H3,(H,16,17)(H2,14,15,18,19)/b8-4+,13-7?. The minimum atomic E-state index is -1.41. The van der Waals surface area contributed by atoms with Gasteiger partial charge in [-0.05, 0) is 6.42 Å².